The van der Waals surface area contributed by atoms with Gasteiger partial charge in [0.05, 0.1) is 16.7 Å². The quantitative estimate of drug-likeness (QED) is 0.247. The summed E-state index contributed by atoms with van der Waals surface area (Å²) in [5.74, 6) is 0.485. The van der Waals surface area contributed by atoms with Gasteiger partial charge in [-0.15, -0.1) is 0 Å². The van der Waals surface area contributed by atoms with Gasteiger partial charge >= 0.3 is 0 Å². The molecule has 1 aromatic rings. The third kappa shape index (κ3) is 3.72. The van der Waals surface area contributed by atoms with Crippen LogP contribution in [0.15, 0.2) is 46.3 Å². The number of likely N-dealkylation sites (tertiary alicyclic amines) is 1. The number of sulfonamides is 1. The Labute approximate surface area is 175 Å². The standard InChI is InChI=1S/C20H25N5O4S/c1-22-20(24-11-12-2-6-15(7-3-12)30(21,28)29)23-8-9-25-18(26)16-13-4-5-14(10-13)17(16)19(25)27/h2-7,13-14,16-17H,8-11H2,1H3,(H2,21,28,29)(H2,22,23,24). The van der Waals surface area contributed by atoms with Gasteiger partial charge in [-0.2, -0.15) is 0 Å². The Balaban J connectivity index is 1.26. The van der Waals surface area contributed by atoms with Crippen LogP contribution in [0.2, 0.25) is 0 Å². The molecule has 0 spiro atoms. The highest BCUT2D eigenvalue weighted by Crippen LogP contribution is 2.52. The van der Waals surface area contributed by atoms with Gasteiger partial charge < -0.3 is 10.6 Å². The lowest BCUT2D eigenvalue weighted by Gasteiger charge is -2.18. The van der Waals surface area contributed by atoms with E-state index in [1.54, 1.807) is 19.2 Å². The van der Waals surface area contributed by atoms with Gasteiger partial charge in [0.15, 0.2) is 5.96 Å². The number of hydrogen-bond donors (Lipinski definition) is 3. The summed E-state index contributed by atoms with van der Waals surface area (Å²) in [5, 5.41) is 11.3. The number of allylic oxidation sites excluding steroid dienone is 2. The van der Waals surface area contributed by atoms with Crippen molar-refractivity contribution < 1.29 is 18.0 Å². The molecular formula is C20H25N5O4S. The molecular weight excluding hydrogens is 406 g/mol. The Bertz CT molecular complexity index is 988. The van der Waals surface area contributed by atoms with E-state index in [1.165, 1.54) is 17.0 Å². The summed E-state index contributed by atoms with van der Waals surface area (Å²) in [6.45, 7) is 1.11. The van der Waals surface area contributed by atoms with Crippen molar-refractivity contribution in [2.45, 2.75) is 17.9 Å². The number of nitrogens with one attached hydrogen (secondary N) is 2. The molecule has 9 nitrogen and oxygen atoms in total. The molecule has 1 heterocycles. The number of aliphatic imine (C=N–C) groups is 1. The fourth-order valence-electron chi connectivity index (χ4n) is 4.67. The van der Waals surface area contributed by atoms with E-state index in [0.29, 0.717) is 25.6 Å². The molecule has 4 unspecified atom stereocenters. The summed E-state index contributed by atoms with van der Waals surface area (Å²) < 4.78 is 22.6. The number of imide groups is 1. The molecule has 2 bridgehead atoms. The highest BCUT2D eigenvalue weighted by atomic mass is 32.2. The molecule has 30 heavy (non-hydrogen) atoms. The van der Waals surface area contributed by atoms with Crippen molar-refractivity contribution in [3.8, 4) is 0 Å². The summed E-state index contributed by atoms with van der Waals surface area (Å²) in [6, 6.07) is 6.24. The van der Waals surface area contributed by atoms with Crippen LogP contribution < -0.4 is 15.8 Å². The van der Waals surface area contributed by atoms with Crippen molar-refractivity contribution >= 4 is 27.8 Å². The van der Waals surface area contributed by atoms with Crippen molar-refractivity contribution in [1.29, 1.82) is 0 Å². The van der Waals surface area contributed by atoms with Crippen molar-refractivity contribution in [3.05, 3.63) is 42.0 Å². The van der Waals surface area contributed by atoms with Crippen LogP contribution in [-0.4, -0.2) is 51.2 Å². The summed E-state index contributed by atoms with van der Waals surface area (Å²) in [7, 11) is -2.09. The monoisotopic (exact) mass is 431 g/mol. The summed E-state index contributed by atoms with van der Waals surface area (Å²) in [5.41, 5.74) is 0.853. The fraction of sp³-hybridized carbons (Fsp3) is 0.450. The number of carbonyl (C=O) groups excluding carboxylic acids is 2. The first kappa shape index (κ1) is 20.5. The molecule has 10 heteroatoms. The molecule has 2 fully saturated rings. The second kappa shape index (κ2) is 7.84. The molecule has 2 amide bonds. The van der Waals surface area contributed by atoms with E-state index in [-0.39, 0.29) is 40.4 Å². The number of benzene rings is 1. The Morgan fingerprint density at radius 3 is 2.23 bits per heavy atom. The number of hydrogen-bond acceptors (Lipinski definition) is 5. The highest BCUT2D eigenvalue weighted by Gasteiger charge is 2.58. The topological polar surface area (TPSA) is 134 Å². The highest BCUT2D eigenvalue weighted by molar-refractivity contribution is 7.89. The van der Waals surface area contributed by atoms with E-state index in [9.17, 15) is 18.0 Å². The maximum atomic E-state index is 12.7. The minimum absolute atomic E-state index is 0.0541. The van der Waals surface area contributed by atoms with Crippen LogP contribution in [-0.2, 0) is 26.2 Å². The van der Waals surface area contributed by atoms with Gasteiger partial charge in [-0.25, -0.2) is 13.6 Å². The van der Waals surface area contributed by atoms with Crippen molar-refractivity contribution in [1.82, 2.24) is 15.5 Å². The van der Waals surface area contributed by atoms with Crippen molar-refractivity contribution in [2.24, 2.45) is 33.8 Å². The van der Waals surface area contributed by atoms with Crippen molar-refractivity contribution in [2.75, 3.05) is 20.1 Å². The van der Waals surface area contributed by atoms with E-state index in [0.717, 1.165) is 12.0 Å². The van der Waals surface area contributed by atoms with Gasteiger partial charge in [0.1, 0.15) is 0 Å². The molecule has 0 radical (unpaired) electrons. The summed E-state index contributed by atoms with van der Waals surface area (Å²) in [4.78, 5) is 30.9. The zero-order valence-corrected chi connectivity index (χ0v) is 17.4. The first-order valence-corrected chi connectivity index (χ1v) is 11.4. The molecule has 4 N–H and O–H groups in total. The lowest BCUT2D eigenvalue weighted by atomic mass is 9.85. The lowest BCUT2D eigenvalue weighted by molar-refractivity contribution is -0.140. The molecule has 0 aromatic heterocycles. The zero-order chi connectivity index (χ0) is 21.5. The molecule has 1 aromatic carbocycles. The van der Waals surface area contributed by atoms with Gasteiger partial charge in [-0.05, 0) is 36.0 Å². The first-order valence-electron chi connectivity index (χ1n) is 9.89. The summed E-state index contributed by atoms with van der Waals surface area (Å²) in [6.07, 6.45) is 5.09. The van der Waals surface area contributed by atoms with Gasteiger partial charge in [0.2, 0.25) is 21.8 Å². The number of amides is 2. The Hall–Kier alpha value is -2.72. The second-order valence-corrected chi connectivity index (χ2v) is 9.43. The Morgan fingerprint density at radius 1 is 1.10 bits per heavy atom. The third-order valence-electron chi connectivity index (χ3n) is 6.12. The molecule has 3 aliphatic rings. The first-order chi connectivity index (χ1) is 14.3. The minimum atomic E-state index is -3.71. The van der Waals surface area contributed by atoms with Gasteiger partial charge in [0.25, 0.3) is 0 Å². The third-order valence-corrected chi connectivity index (χ3v) is 7.05. The summed E-state index contributed by atoms with van der Waals surface area (Å²) >= 11 is 0. The molecule has 160 valence electrons. The van der Waals surface area contributed by atoms with Crippen LogP contribution >= 0.6 is 0 Å². The average Bonchev–Trinajstić information content (AvgIpc) is 3.39. The largest absolute Gasteiger partial charge is 0.355 e. The van der Waals surface area contributed by atoms with Crippen LogP contribution in [0.25, 0.3) is 0 Å². The van der Waals surface area contributed by atoms with Gasteiger partial charge in [-0.3, -0.25) is 19.5 Å². The molecule has 1 saturated carbocycles. The number of primary sulfonamides is 1. The minimum Gasteiger partial charge on any atom is -0.355 e. The maximum absolute atomic E-state index is 12.7. The smallest absolute Gasteiger partial charge is 0.238 e. The maximum Gasteiger partial charge on any atom is 0.238 e. The normalized spacial score (nSPS) is 27.7. The Kier molecular flexibility index (Phi) is 5.37. The van der Waals surface area contributed by atoms with Crippen molar-refractivity contribution in [3.63, 3.8) is 0 Å². The van der Waals surface area contributed by atoms with Crippen LogP contribution in [0, 0.1) is 23.7 Å². The van der Waals surface area contributed by atoms with E-state index in [4.69, 9.17) is 5.14 Å². The zero-order valence-electron chi connectivity index (χ0n) is 16.6. The van der Waals surface area contributed by atoms with Crippen LogP contribution in [0.1, 0.15) is 12.0 Å². The number of rotatable bonds is 6. The van der Waals surface area contributed by atoms with Gasteiger partial charge in [0, 0.05) is 26.7 Å². The predicted octanol–water partition coefficient (Wildman–Crippen LogP) is -0.194. The second-order valence-electron chi connectivity index (χ2n) is 7.87. The molecule has 4 rings (SSSR count). The Morgan fingerprint density at radius 2 is 1.70 bits per heavy atom. The van der Waals surface area contributed by atoms with E-state index < -0.39 is 10.0 Å². The van der Waals surface area contributed by atoms with Crippen LogP contribution in [0.4, 0.5) is 0 Å². The molecule has 1 saturated heterocycles. The number of nitrogens with two attached hydrogens (primary N) is 1. The predicted molar refractivity (Wildman–Crippen MR) is 110 cm³/mol. The van der Waals surface area contributed by atoms with E-state index >= 15 is 0 Å². The van der Waals surface area contributed by atoms with Gasteiger partial charge in [-0.1, -0.05) is 24.3 Å². The number of fused-ring (bicyclic) bond motifs is 5. The van der Waals surface area contributed by atoms with E-state index in [2.05, 4.69) is 27.8 Å². The fourth-order valence-corrected chi connectivity index (χ4v) is 5.19. The van der Waals surface area contributed by atoms with Crippen LogP contribution in [0.5, 0.6) is 0 Å². The number of guanidine groups is 1. The van der Waals surface area contributed by atoms with E-state index in [1.807, 2.05) is 0 Å². The molecule has 2 aliphatic carbocycles. The lowest BCUT2D eigenvalue weighted by Crippen LogP contribution is -2.43. The molecule has 4 atom stereocenters. The SMILES string of the molecule is CN=C(NCCN1C(=O)C2C3C=CC(C3)C2C1=O)NCc1ccc(S(N)(=O)=O)cc1. The van der Waals surface area contributed by atoms with Crippen LogP contribution in [0.3, 0.4) is 0 Å². The molecule has 1 aliphatic heterocycles. The number of nitrogens with zero attached hydrogens (tertiary/aromatic N) is 2. The number of carbonyl (C=O) groups is 2. The average molecular weight is 432 g/mol.